The molecule has 0 amide bonds. The lowest BCUT2D eigenvalue weighted by Gasteiger charge is -2.33. The third-order valence-electron chi connectivity index (χ3n) is 9.12. The first-order chi connectivity index (χ1) is 24.8. The smallest absolute Gasteiger partial charge is 0.437 e. The molecular weight excluding hydrogens is 665 g/mol. The van der Waals surface area contributed by atoms with E-state index in [0.717, 1.165) is 53.8 Å². The minimum atomic E-state index is -5.06. The molecule has 1 N–H and O–H groups in total. The second-order valence-corrected chi connectivity index (χ2v) is 13.5. The van der Waals surface area contributed by atoms with Crippen molar-refractivity contribution >= 4 is 22.8 Å². The van der Waals surface area contributed by atoms with Crippen molar-refractivity contribution in [1.29, 1.82) is 15.8 Å². The molecule has 8 nitrogen and oxygen atoms in total. The predicted octanol–water partition coefficient (Wildman–Crippen LogP) is 9.90. The lowest BCUT2D eigenvalue weighted by atomic mass is 9.75. The van der Waals surface area contributed by atoms with E-state index < -0.39 is 34.3 Å². The number of rotatable bonds is 10. The first kappa shape index (κ1) is 37.4. The van der Waals surface area contributed by atoms with Crippen LogP contribution < -0.4 is 5.06 Å². The Morgan fingerprint density at radius 3 is 2.40 bits per heavy atom. The summed E-state index contributed by atoms with van der Waals surface area (Å²) in [6.07, 6.45) is 8.62. The molecule has 0 spiro atoms. The Morgan fingerprint density at radius 2 is 1.77 bits per heavy atom. The van der Waals surface area contributed by atoms with E-state index in [0.29, 0.717) is 18.7 Å². The van der Waals surface area contributed by atoms with Crippen molar-refractivity contribution < 1.29 is 23.1 Å². The number of aromatic nitrogens is 2. The van der Waals surface area contributed by atoms with Crippen molar-refractivity contribution in [3.63, 3.8) is 0 Å². The van der Waals surface area contributed by atoms with Crippen LogP contribution in [-0.4, -0.2) is 27.5 Å². The molecule has 2 aromatic carbocycles. The number of aryl methyl sites for hydroxylation is 1. The lowest BCUT2D eigenvalue weighted by molar-refractivity contribution is -0.249. The summed E-state index contributed by atoms with van der Waals surface area (Å²) in [5.41, 5.74) is -1.07. The molecular formula is C41H39F3N6O2. The normalized spacial score (nSPS) is 19.5. The molecule has 2 aliphatic rings. The highest BCUT2D eigenvalue weighted by Gasteiger charge is 2.65. The fourth-order valence-corrected chi connectivity index (χ4v) is 6.76. The van der Waals surface area contributed by atoms with Gasteiger partial charge in [-0.15, -0.1) is 0 Å². The summed E-state index contributed by atoms with van der Waals surface area (Å²) in [5, 5.41) is 40.6. The summed E-state index contributed by atoms with van der Waals surface area (Å²) in [4.78, 5) is 4.87. The van der Waals surface area contributed by atoms with E-state index in [-0.39, 0.29) is 11.0 Å². The first-order valence-corrected chi connectivity index (χ1v) is 17.1. The third-order valence-corrected chi connectivity index (χ3v) is 9.12. The van der Waals surface area contributed by atoms with Crippen molar-refractivity contribution in [2.45, 2.75) is 71.7 Å². The molecule has 0 fully saturated rings. The van der Waals surface area contributed by atoms with Crippen LogP contribution in [0.3, 0.4) is 0 Å². The van der Waals surface area contributed by atoms with Crippen LogP contribution in [-0.2, 0) is 16.9 Å². The molecule has 0 radical (unpaired) electrons. The summed E-state index contributed by atoms with van der Waals surface area (Å²) in [7, 11) is 0. The van der Waals surface area contributed by atoms with E-state index in [2.05, 4.69) is 25.3 Å². The number of hydrogen-bond donors (Lipinski definition) is 1. The van der Waals surface area contributed by atoms with Crippen molar-refractivity contribution in [2.24, 2.45) is 5.41 Å². The first-order valence-electron chi connectivity index (χ1n) is 17.1. The van der Waals surface area contributed by atoms with Gasteiger partial charge in [0, 0.05) is 24.2 Å². The van der Waals surface area contributed by atoms with Gasteiger partial charge in [0.2, 0.25) is 0 Å². The zero-order valence-electron chi connectivity index (χ0n) is 29.5. The second kappa shape index (κ2) is 15.2. The average Bonchev–Trinajstić information content (AvgIpc) is 3.64. The molecule has 2 heterocycles. The molecule has 1 aromatic heterocycles. The molecule has 0 bridgehead atoms. The standard InChI is InChI=1S/C41H39F3N6O2/c1-5-7-20-49-36-22-32(50(51)6-2)17-18-35(36)48-37(49)19-16-29-21-28(23-39(3,4)24-29)12-11-15-34-33(27-47)38(30(25-45)26-46)52-40(34,41(42,43)44)31-13-9-8-10-14-31/h8-19,21-22,51H,5-7,20,23-24H2,1-4H3. The van der Waals surface area contributed by atoms with E-state index in [9.17, 15) is 21.0 Å². The molecule has 266 valence electrons. The van der Waals surface area contributed by atoms with Gasteiger partial charge in [-0.25, -0.2) is 4.98 Å². The summed E-state index contributed by atoms with van der Waals surface area (Å²) in [5.74, 6) is 0.0724. The number of benzene rings is 2. The van der Waals surface area contributed by atoms with Gasteiger partial charge < -0.3 is 9.30 Å². The third kappa shape index (κ3) is 7.30. The Balaban J connectivity index is 1.57. The minimum Gasteiger partial charge on any atom is -0.465 e. The number of hydroxylamine groups is 1. The van der Waals surface area contributed by atoms with E-state index in [1.54, 1.807) is 30.4 Å². The maximum absolute atomic E-state index is 15.2. The fourth-order valence-electron chi connectivity index (χ4n) is 6.76. The van der Waals surface area contributed by atoms with Gasteiger partial charge in [0.15, 0.2) is 11.3 Å². The number of anilines is 1. The Bertz CT molecular complexity index is 2150. The summed E-state index contributed by atoms with van der Waals surface area (Å²) >= 11 is 0. The molecule has 1 aliphatic heterocycles. The zero-order chi connectivity index (χ0) is 37.7. The maximum Gasteiger partial charge on any atom is 0.437 e. The van der Waals surface area contributed by atoms with Crippen molar-refractivity contribution in [3.8, 4) is 18.2 Å². The molecule has 1 aliphatic carbocycles. The molecule has 1 atom stereocenters. The summed E-state index contributed by atoms with van der Waals surface area (Å²) in [6.45, 7) is 9.42. The highest BCUT2D eigenvalue weighted by molar-refractivity contribution is 5.82. The highest BCUT2D eigenvalue weighted by Crippen LogP contribution is 2.55. The SMILES string of the molecule is CCCCn1c(C=CC2=CC(=CC=CC3=C(C#N)C(=C(C#N)C#N)OC3(c3ccccc3)C(F)(F)F)CC(C)(C)C2)nc2ccc(N(O)CC)cc21. The van der Waals surface area contributed by atoms with E-state index in [1.807, 2.05) is 43.4 Å². The van der Waals surface area contributed by atoms with Crippen LogP contribution >= 0.6 is 0 Å². The average molecular weight is 705 g/mol. The van der Waals surface area contributed by atoms with Gasteiger partial charge in [-0.1, -0.05) is 87.9 Å². The largest absolute Gasteiger partial charge is 0.465 e. The topological polar surface area (TPSA) is 122 Å². The Labute approximate surface area is 301 Å². The van der Waals surface area contributed by atoms with Gasteiger partial charge in [0.05, 0.1) is 16.7 Å². The Hall–Kier alpha value is -5.83. The number of nitriles is 3. The van der Waals surface area contributed by atoms with E-state index in [1.165, 1.54) is 41.5 Å². The molecule has 3 aromatic rings. The number of hydrogen-bond acceptors (Lipinski definition) is 7. The number of allylic oxidation sites excluding steroid dienone is 8. The quantitative estimate of drug-likeness (QED) is 0.165. The van der Waals surface area contributed by atoms with Crippen molar-refractivity contribution in [1.82, 2.24) is 9.55 Å². The number of halogens is 3. The van der Waals surface area contributed by atoms with Crippen molar-refractivity contribution in [3.05, 3.63) is 124 Å². The van der Waals surface area contributed by atoms with Gasteiger partial charge >= 0.3 is 6.18 Å². The van der Waals surface area contributed by atoms with Crippen LogP contribution in [0.5, 0.6) is 0 Å². The number of unbranched alkanes of at least 4 members (excludes halogenated alkanes) is 1. The van der Waals surface area contributed by atoms with Crippen LogP contribution in [0.4, 0.5) is 18.9 Å². The van der Waals surface area contributed by atoms with E-state index >= 15 is 13.2 Å². The number of imidazole rings is 1. The minimum absolute atomic E-state index is 0.173. The monoisotopic (exact) mass is 704 g/mol. The highest BCUT2D eigenvalue weighted by atomic mass is 19.4. The maximum atomic E-state index is 15.2. The molecule has 1 unspecified atom stereocenters. The number of nitrogens with zero attached hydrogens (tertiary/aromatic N) is 6. The summed E-state index contributed by atoms with van der Waals surface area (Å²) in [6, 6.07) is 17.5. The lowest BCUT2D eigenvalue weighted by Crippen LogP contribution is -2.43. The van der Waals surface area contributed by atoms with E-state index in [4.69, 9.17) is 9.72 Å². The molecule has 52 heavy (non-hydrogen) atoms. The fraction of sp³-hybridized carbons (Fsp3) is 0.317. The van der Waals surface area contributed by atoms with Crippen LogP contribution in [0.25, 0.3) is 17.1 Å². The van der Waals surface area contributed by atoms with Gasteiger partial charge in [0.1, 0.15) is 29.6 Å². The van der Waals surface area contributed by atoms with Crippen LogP contribution in [0.15, 0.2) is 113 Å². The van der Waals surface area contributed by atoms with Gasteiger partial charge in [-0.05, 0) is 67.0 Å². The van der Waals surface area contributed by atoms with Gasteiger partial charge in [-0.2, -0.15) is 29.0 Å². The van der Waals surface area contributed by atoms with Crippen LogP contribution in [0.2, 0.25) is 0 Å². The Morgan fingerprint density at radius 1 is 1.04 bits per heavy atom. The number of ether oxygens (including phenoxy) is 1. The van der Waals surface area contributed by atoms with Crippen LogP contribution in [0.1, 0.15) is 64.8 Å². The van der Waals surface area contributed by atoms with Crippen molar-refractivity contribution in [2.75, 3.05) is 11.6 Å². The molecule has 5 rings (SSSR count). The summed E-state index contributed by atoms with van der Waals surface area (Å²) < 4.78 is 53.1. The van der Waals surface area contributed by atoms with Crippen LogP contribution in [0, 0.1) is 39.4 Å². The number of fused-ring (bicyclic) bond motifs is 1. The molecule has 11 heteroatoms. The molecule has 0 saturated heterocycles. The predicted molar refractivity (Wildman–Crippen MR) is 193 cm³/mol. The van der Waals surface area contributed by atoms with Gasteiger partial charge in [0.25, 0.3) is 5.60 Å². The molecule has 0 saturated carbocycles. The number of alkyl halides is 3. The Kier molecular flexibility index (Phi) is 10.9. The van der Waals surface area contributed by atoms with Gasteiger partial charge in [-0.3, -0.25) is 10.3 Å². The second-order valence-electron chi connectivity index (χ2n) is 13.5. The zero-order valence-corrected chi connectivity index (χ0v) is 29.5.